The molecule has 18 heavy (non-hydrogen) atoms. The molecule has 0 radical (unpaired) electrons. The number of hydrogen-bond donors (Lipinski definition) is 1. The molecule has 2 heterocycles. The first-order valence-electron chi connectivity index (χ1n) is 6.05. The second-order valence-electron chi connectivity index (χ2n) is 4.66. The maximum atomic E-state index is 11.1. The molecule has 7 nitrogen and oxygen atoms in total. The van der Waals surface area contributed by atoms with E-state index in [2.05, 4.69) is 19.7 Å². The van der Waals surface area contributed by atoms with Gasteiger partial charge in [0.1, 0.15) is 12.7 Å². The largest absolute Gasteiger partial charge is 0.301 e. The normalized spacial score (nSPS) is 19.2. The van der Waals surface area contributed by atoms with Gasteiger partial charge >= 0.3 is 0 Å². The summed E-state index contributed by atoms with van der Waals surface area (Å²) in [6, 6.07) is 0.0858. The number of rotatable bonds is 5. The second kappa shape index (κ2) is 5.77. The van der Waals surface area contributed by atoms with Crippen LogP contribution in [0.5, 0.6) is 0 Å². The Morgan fingerprint density at radius 1 is 1.33 bits per heavy atom. The fraction of sp³-hybridized carbons (Fsp3) is 0.800. The first kappa shape index (κ1) is 13.4. The highest BCUT2D eigenvalue weighted by Gasteiger charge is 2.21. The molecular weight excluding hydrogens is 254 g/mol. The van der Waals surface area contributed by atoms with Gasteiger partial charge in [0.15, 0.2) is 0 Å². The number of sulfonamides is 1. The van der Waals surface area contributed by atoms with Crippen molar-refractivity contribution >= 4 is 10.0 Å². The molecule has 1 aliphatic rings. The van der Waals surface area contributed by atoms with E-state index in [9.17, 15) is 8.42 Å². The Hall–Kier alpha value is -0.990. The van der Waals surface area contributed by atoms with Gasteiger partial charge in [0.05, 0.1) is 12.8 Å². The second-order valence-corrected chi connectivity index (χ2v) is 6.44. The third-order valence-electron chi connectivity index (χ3n) is 3.08. The molecule has 0 unspecified atom stereocenters. The van der Waals surface area contributed by atoms with Crippen molar-refractivity contribution in [1.29, 1.82) is 0 Å². The third kappa shape index (κ3) is 4.35. The van der Waals surface area contributed by atoms with Crippen molar-refractivity contribution in [3.05, 3.63) is 12.7 Å². The Morgan fingerprint density at radius 3 is 2.61 bits per heavy atom. The van der Waals surface area contributed by atoms with Crippen molar-refractivity contribution in [2.24, 2.45) is 0 Å². The Balaban J connectivity index is 1.70. The summed E-state index contributed by atoms with van der Waals surface area (Å²) >= 11 is 0. The maximum Gasteiger partial charge on any atom is 0.208 e. The van der Waals surface area contributed by atoms with Crippen LogP contribution in [-0.4, -0.2) is 60.0 Å². The number of piperidine rings is 1. The minimum absolute atomic E-state index is 0.0858. The Kier molecular flexibility index (Phi) is 4.31. The van der Waals surface area contributed by atoms with Crippen LogP contribution in [0.25, 0.3) is 0 Å². The van der Waals surface area contributed by atoms with E-state index in [1.54, 1.807) is 11.0 Å². The van der Waals surface area contributed by atoms with Gasteiger partial charge in [-0.3, -0.25) is 4.68 Å². The molecule has 1 fully saturated rings. The highest BCUT2D eigenvalue weighted by Crippen LogP contribution is 2.10. The van der Waals surface area contributed by atoms with E-state index >= 15 is 0 Å². The molecule has 1 aromatic rings. The molecule has 102 valence electrons. The van der Waals surface area contributed by atoms with Crippen molar-refractivity contribution in [2.75, 3.05) is 25.9 Å². The summed E-state index contributed by atoms with van der Waals surface area (Å²) in [6.07, 6.45) is 6.18. The van der Waals surface area contributed by atoms with Crippen LogP contribution < -0.4 is 4.72 Å². The van der Waals surface area contributed by atoms with E-state index < -0.39 is 10.0 Å². The van der Waals surface area contributed by atoms with Gasteiger partial charge in [0.2, 0.25) is 10.0 Å². The summed E-state index contributed by atoms with van der Waals surface area (Å²) in [7, 11) is -3.08. The van der Waals surface area contributed by atoms with Crippen LogP contribution >= 0.6 is 0 Å². The lowest BCUT2D eigenvalue weighted by molar-refractivity contribution is 0.198. The molecular formula is C10H19N5O2S. The average molecular weight is 273 g/mol. The Labute approximate surface area is 107 Å². The third-order valence-corrected chi connectivity index (χ3v) is 3.84. The molecule has 1 N–H and O–H groups in total. The zero-order valence-electron chi connectivity index (χ0n) is 10.5. The fourth-order valence-electron chi connectivity index (χ4n) is 2.17. The van der Waals surface area contributed by atoms with Crippen molar-refractivity contribution in [2.45, 2.75) is 25.4 Å². The summed E-state index contributed by atoms with van der Waals surface area (Å²) in [4.78, 5) is 6.22. The van der Waals surface area contributed by atoms with Crippen LogP contribution in [-0.2, 0) is 16.6 Å². The zero-order chi connectivity index (χ0) is 13.0. The van der Waals surface area contributed by atoms with Crippen LogP contribution in [0.3, 0.4) is 0 Å². The molecule has 0 bridgehead atoms. The highest BCUT2D eigenvalue weighted by atomic mass is 32.2. The van der Waals surface area contributed by atoms with Gasteiger partial charge in [-0.2, -0.15) is 5.10 Å². The minimum atomic E-state index is -3.08. The van der Waals surface area contributed by atoms with Gasteiger partial charge in [0, 0.05) is 12.6 Å². The predicted octanol–water partition coefficient (Wildman–Crippen LogP) is -0.708. The first-order chi connectivity index (χ1) is 8.53. The van der Waals surface area contributed by atoms with Gasteiger partial charge in [-0.15, -0.1) is 0 Å². The quantitative estimate of drug-likeness (QED) is 0.767. The summed E-state index contributed by atoms with van der Waals surface area (Å²) in [5.41, 5.74) is 0. The molecule has 1 aliphatic heterocycles. The number of nitrogens with zero attached hydrogens (tertiary/aromatic N) is 4. The van der Waals surface area contributed by atoms with Gasteiger partial charge in [0.25, 0.3) is 0 Å². The molecule has 0 atom stereocenters. The SMILES string of the molecule is CS(=O)(=O)NC1CCN(CCn2cncn2)CC1. The molecule has 2 rings (SSSR count). The first-order valence-corrected chi connectivity index (χ1v) is 7.94. The lowest BCUT2D eigenvalue weighted by Gasteiger charge is -2.31. The van der Waals surface area contributed by atoms with Gasteiger partial charge in [-0.1, -0.05) is 0 Å². The Morgan fingerprint density at radius 2 is 2.06 bits per heavy atom. The maximum absolute atomic E-state index is 11.1. The van der Waals surface area contributed by atoms with Crippen molar-refractivity contribution in [1.82, 2.24) is 24.4 Å². The smallest absolute Gasteiger partial charge is 0.208 e. The minimum Gasteiger partial charge on any atom is -0.301 e. The lowest BCUT2D eigenvalue weighted by Crippen LogP contribution is -2.45. The van der Waals surface area contributed by atoms with Gasteiger partial charge in [-0.25, -0.2) is 18.1 Å². The number of hydrogen-bond acceptors (Lipinski definition) is 5. The van der Waals surface area contributed by atoms with Crippen molar-refractivity contribution in [3.63, 3.8) is 0 Å². The predicted molar refractivity (Wildman–Crippen MR) is 67.5 cm³/mol. The number of aromatic nitrogens is 3. The average Bonchev–Trinajstić information content (AvgIpc) is 2.79. The Bertz CT molecular complexity index is 451. The zero-order valence-corrected chi connectivity index (χ0v) is 11.3. The summed E-state index contributed by atoms with van der Waals surface area (Å²) in [5, 5.41) is 4.05. The number of nitrogens with one attached hydrogen (secondary N) is 1. The van der Waals surface area contributed by atoms with E-state index in [-0.39, 0.29) is 6.04 Å². The molecule has 1 saturated heterocycles. The van der Waals surface area contributed by atoms with Crippen LogP contribution in [0.15, 0.2) is 12.7 Å². The van der Waals surface area contributed by atoms with E-state index in [0.717, 1.165) is 39.0 Å². The highest BCUT2D eigenvalue weighted by molar-refractivity contribution is 7.88. The molecule has 1 aromatic heterocycles. The van der Waals surface area contributed by atoms with Gasteiger partial charge in [-0.05, 0) is 25.9 Å². The molecule has 0 saturated carbocycles. The molecule has 8 heteroatoms. The van der Waals surface area contributed by atoms with E-state index in [4.69, 9.17) is 0 Å². The molecule has 0 aliphatic carbocycles. The van der Waals surface area contributed by atoms with Crippen molar-refractivity contribution in [3.8, 4) is 0 Å². The van der Waals surface area contributed by atoms with Gasteiger partial charge < -0.3 is 4.90 Å². The summed E-state index contributed by atoms with van der Waals surface area (Å²) in [5.74, 6) is 0. The van der Waals surface area contributed by atoms with Crippen LogP contribution in [0.1, 0.15) is 12.8 Å². The summed E-state index contributed by atoms with van der Waals surface area (Å²) < 4.78 is 26.7. The standard InChI is InChI=1S/C10H19N5O2S/c1-18(16,17)13-10-2-4-14(5-3-10)6-7-15-9-11-8-12-15/h8-10,13H,2-7H2,1H3. The summed E-state index contributed by atoms with van der Waals surface area (Å²) in [6.45, 7) is 3.59. The lowest BCUT2D eigenvalue weighted by atomic mass is 10.1. The van der Waals surface area contributed by atoms with Crippen LogP contribution in [0, 0.1) is 0 Å². The monoisotopic (exact) mass is 273 g/mol. The van der Waals surface area contributed by atoms with E-state index in [1.807, 2.05) is 0 Å². The van der Waals surface area contributed by atoms with Crippen LogP contribution in [0.4, 0.5) is 0 Å². The molecule has 0 aromatic carbocycles. The molecule has 0 spiro atoms. The van der Waals surface area contributed by atoms with E-state index in [1.165, 1.54) is 12.6 Å². The number of likely N-dealkylation sites (tertiary alicyclic amines) is 1. The topological polar surface area (TPSA) is 80.1 Å². The molecule has 0 amide bonds. The van der Waals surface area contributed by atoms with E-state index in [0.29, 0.717) is 0 Å². The van der Waals surface area contributed by atoms with Crippen molar-refractivity contribution < 1.29 is 8.42 Å². The fourth-order valence-corrected chi connectivity index (χ4v) is 3.01. The van der Waals surface area contributed by atoms with Crippen LogP contribution in [0.2, 0.25) is 0 Å².